The van der Waals surface area contributed by atoms with Crippen molar-refractivity contribution in [2.75, 3.05) is 0 Å². The number of hydrogen-bond acceptors (Lipinski definition) is 3. The number of allylic oxidation sites excluding steroid dienone is 1. The zero-order valence-electron chi connectivity index (χ0n) is 14.4. The molecular weight excluding hydrogens is 357 g/mol. The Labute approximate surface area is 160 Å². The summed E-state index contributed by atoms with van der Waals surface area (Å²) in [5.74, 6) is -0.225. The maximum atomic E-state index is 13.5. The van der Waals surface area contributed by atoms with Crippen LogP contribution < -0.4 is 0 Å². The Kier molecular flexibility index (Phi) is 3.76. The SMILES string of the molecule is Fc1ccc(C2(c3ccccc3)C=Cc3c(-c4cncs4)n[nH]c3C2)cc1. The molecule has 0 spiro atoms. The second-order valence-corrected chi connectivity index (χ2v) is 7.57. The van der Waals surface area contributed by atoms with Gasteiger partial charge in [0.2, 0.25) is 0 Å². The number of hydrogen-bond donors (Lipinski definition) is 1. The molecule has 5 rings (SSSR count). The number of H-pyrrole nitrogens is 1. The smallest absolute Gasteiger partial charge is 0.123 e. The Hall–Kier alpha value is -3.05. The first-order valence-corrected chi connectivity index (χ1v) is 9.61. The molecule has 1 unspecified atom stereocenters. The summed E-state index contributed by atoms with van der Waals surface area (Å²) >= 11 is 1.58. The van der Waals surface area contributed by atoms with Gasteiger partial charge in [0, 0.05) is 29.3 Å². The summed E-state index contributed by atoms with van der Waals surface area (Å²) in [6.07, 6.45) is 6.93. The molecule has 4 aromatic rings. The van der Waals surface area contributed by atoms with Crippen molar-refractivity contribution >= 4 is 17.4 Å². The molecule has 0 bridgehead atoms. The number of thiazole rings is 1. The highest BCUT2D eigenvalue weighted by Crippen LogP contribution is 2.43. The second-order valence-electron chi connectivity index (χ2n) is 6.68. The Morgan fingerprint density at radius 1 is 1.00 bits per heavy atom. The summed E-state index contributed by atoms with van der Waals surface area (Å²) in [4.78, 5) is 5.21. The van der Waals surface area contributed by atoms with E-state index in [1.165, 1.54) is 17.7 Å². The molecule has 5 heteroatoms. The summed E-state index contributed by atoms with van der Waals surface area (Å²) in [6.45, 7) is 0. The van der Waals surface area contributed by atoms with Gasteiger partial charge in [0.25, 0.3) is 0 Å². The molecule has 2 aromatic carbocycles. The predicted molar refractivity (Wildman–Crippen MR) is 106 cm³/mol. The van der Waals surface area contributed by atoms with Crippen molar-refractivity contribution in [3.63, 3.8) is 0 Å². The van der Waals surface area contributed by atoms with Crippen LogP contribution >= 0.6 is 11.3 Å². The fourth-order valence-corrected chi connectivity index (χ4v) is 4.46. The highest BCUT2D eigenvalue weighted by Gasteiger charge is 2.36. The van der Waals surface area contributed by atoms with Crippen LogP contribution in [0.4, 0.5) is 4.39 Å². The Morgan fingerprint density at radius 3 is 2.52 bits per heavy atom. The minimum atomic E-state index is -0.362. The van der Waals surface area contributed by atoms with Crippen molar-refractivity contribution in [3.05, 3.63) is 101 Å². The van der Waals surface area contributed by atoms with E-state index in [4.69, 9.17) is 0 Å². The lowest BCUT2D eigenvalue weighted by Gasteiger charge is -2.34. The van der Waals surface area contributed by atoms with Crippen molar-refractivity contribution in [2.45, 2.75) is 11.8 Å². The van der Waals surface area contributed by atoms with Crippen molar-refractivity contribution in [1.82, 2.24) is 15.2 Å². The topological polar surface area (TPSA) is 41.6 Å². The van der Waals surface area contributed by atoms with Crippen LogP contribution in [0.15, 0.2) is 72.4 Å². The van der Waals surface area contributed by atoms with E-state index in [0.29, 0.717) is 0 Å². The number of halogens is 1. The van der Waals surface area contributed by atoms with Gasteiger partial charge >= 0.3 is 0 Å². The van der Waals surface area contributed by atoms with E-state index in [-0.39, 0.29) is 11.2 Å². The molecule has 1 aliphatic rings. The molecule has 27 heavy (non-hydrogen) atoms. The molecule has 0 saturated heterocycles. The normalized spacial score (nSPS) is 18.4. The van der Waals surface area contributed by atoms with Crippen LogP contribution in [-0.4, -0.2) is 15.2 Å². The predicted octanol–water partition coefficient (Wildman–Crippen LogP) is 5.23. The molecule has 0 fully saturated rings. The van der Waals surface area contributed by atoms with Crippen LogP contribution in [-0.2, 0) is 11.8 Å². The lowest BCUT2D eigenvalue weighted by Crippen LogP contribution is -2.30. The largest absolute Gasteiger partial charge is 0.281 e. The van der Waals surface area contributed by atoms with Gasteiger partial charge < -0.3 is 0 Å². The maximum Gasteiger partial charge on any atom is 0.123 e. The molecule has 3 nitrogen and oxygen atoms in total. The van der Waals surface area contributed by atoms with Gasteiger partial charge in [0.1, 0.15) is 11.5 Å². The lowest BCUT2D eigenvalue weighted by atomic mass is 9.68. The summed E-state index contributed by atoms with van der Waals surface area (Å²) in [5.41, 5.74) is 6.81. The van der Waals surface area contributed by atoms with Crippen LogP contribution in [0, 0.1) is 5.82 Å². The third-order valence-electron chi connectivity index (χ3n) is 5.19. The van der Waals surface area contributed by atoms with E-state index in [1.54, 1.807) is 11.3 Å². The van der Waals surface area contributed by atoms with Gasteiger partial charge in [-0.05, 0) is 23.3 Å². The summed E-state index contributed by atoms with van der Waals surface area (Å²) in [7, 11) is 0. The Morgan fingerprint density at radius 2 is 1.78 bits per heavy atom. The van der Waals surface area contributed by atoms with Gasteiger partial charge in [-0.3, -0.25) is 10.1 Å². The standard InChI is InChI=1S/C22H16FN3S/c23-17-8-6-16(7-9-17)22(15-4-2-1-3-5-15)11-10-18-19(12-22)25-26-21(18)20-13-24-14-27-20/h1-11,13-14H,12H2,(H,25,26). The number of rotatable bonds is 3. The fourth-order valence-electron chi connectivity index (χ4n) is 3.83. The van der Waals surface area contributed by atoms with Crippen LogP contribution in [0.2, 0.25) is 0 Å². The number of aromatic amines is 1. The molecule has 1 aliphatic carbocycles. The van der Waals surface area contributed by atoms with E-state index in [2.05, 4.69) is 39.5 Å². The Bertz CT molecular complexity index is 1100. The number of nitrogens with zero attached hydrogens (tertiary/aromatic N) is 2. The third-order valence-corrected chi connectivity index (χ3v) is 5.97. The highest BCUT2D eigenvalue weighted by molar-refractivity contribution is 7.13. The Balaban J connectivity index is 1.67. The van der Waals surface area contributed by atoms with Gasteiger partial charge in [-0.25, -0.2) is 4.39 Å². The summed E-state index contributed by atoms with van der Waals surface area (Å²) in [5, 5.41) is 7.77. The first-order chi connectivity index (χ1) is 13.3. The minimum Gasteiger partial charge on any atom is -0.281 e. The molecule has 2 heterocycles. The monoisotopic (exact) mass is 373 g/mol. The van der Waals surface area contributed by atoms with Crippen LogP contribution in [0.3, 0.4) is 0 Å². The molecule has 0 saturated carbocycles. The fraction of sp³-hybridized carbons (Fsp3) is 0.0909. The van der Waals surface area contributed by atoms with E-state index < -0.39 is 0 Å². The van der Waals surface area contributed by atoms with Crippen molar-refractivity contribution < 1.29 is 4.39 Å². The first-order valence-electron chi connectivity index (χ1n) is 8.73. The second kappa shape index (κ2) is 6.28. The molecule has 1 atom stereocenters. The average molecular weight is 373 g/mol. The molecule has 0 amide bonds. The van der Waals surface area contributed by atoms with Gasteiger partial charge in [-0.15, -0.1) is 11.3 Å². The quantitative estimate of drug-likeness (QED) is 0.534. The lowest BCUT2D eigenvalue weighted by molar-refractivity contribution is 0.606. The maximum absolute atomic E-state index is 13.5. The number of nitrogens with one attached hydrogen (secondary N) is 1. The van der Waals surface area contributed by atoms with E-state index in [1.807, 2.05) is 42.0 Å². The number of aromatic nitrogens is 3. The third kappa shape index (κ3) is 2.62. The van der Waals surface area contributed by atoms with Gasteiger partial charge in [-0.1, -0.05) is 54.6 Å². The van der Waals surface area contributed by atoms with Gasteiger partial charge in [0.15, 0.2) is 0 Å². The van der Waals surface area contributed by atoms with Crippen LogP contribution in [0.25, 0.3) is 16.6 Å². The van der Waals surface area contributed by atoms with Crippen LogP contribution in [0.1, 0.15) is 22.4 Å². The zero-order valence-corrected chi connectivity index (χ0v) is 15.2. The molecule has 1 N–H and O–H groups in total. The van der Waals surface area contributed by atoms with Crippen molar-refractivity contribution in [1.29, 1.82) is 0 Å². The number of benzene rings is 2. The van der Waals surface area contributed by atoms with Crippen molar-refractivity contribution in [2.24, 2.45) is 0 Å². The molecule has 0 radical (unpaired) electrons. The minimum absolute atomic E-state index is 0.225. The summed E-state index contributed by atoms with van der Waals surface area (Å²) in [6, 6.07) is 17.1. The van der Waals surface area contributed by atoms with Crippen LogP contribution in [0.5, 0.6) is 0 Å². The first kappa shape index (κ1) is 16.1. The average Bonchev–Trinajstić information content (AvgIpc) is 3.38. The molecule has 0 aliphatic heterocycles. The molecule has 2 aromatic heterocycles. The van der Waals surface area contributed by atoms with Crippen molar-refractivity contribution in [3.8, 4) is 10.6 Å². The van der Waals surface area contributed by atoms with E-state index in [9.17, 15) is 4.39 Å². The van der Waals surface area contributed by atoms with Gasteiger partial charge in [0.05, 0.1) is 10.4 Å². The van der Waals surface area contributed by atoms with E-state index >= 15 is 0 Å². The molecule has 132 valence electrons. The number of fused-ring (bicyclic) bond motifs is 1. The van der Waals surface area contributed by atoms with E-state index in [0.717, 1.165) is 33.8 Å². The molecular formula is C22H16FN3S. The highest BCUT2D eigenvalue weighted by atomic mass is 32.1. The summed E-state index contributed by atoms with van der Waals surface area (Å²) < 4.78 is 13.5. The zero-order chi connectivity index (χ0) is 18.3. The van der Waals surface area contributed by atoms with Gasteiger partial charge in [-0.2, -0.15) is 5.10 Å².